The van der Waals surface area contributed by atoms with Gasteiger partial charge in [-0.15, -0.1) is 0 Å². The topological polar surface area (TPSA) is 125 Å². The van der Waals surface area contributed by atoms with Gasteiger partial charge in [0, 0.05) is 12.0 Å². The van der Waals surface area contributed by atoms with Crippen molar-refractivity contribution in [2.75, 3.05) is 13.2 Å². The van der Waals surface area contributed by atoms with E-state index in [1.165, 1.54) is 0 Å². The standard InChI is InChI=1S/C26H30N2O6/c29-23(25(31)32)14-27-24(30)20-12-2-1-3-13-22(20)28-26(33)34-15-21-18-10-6-4-8-16(18)17-9-5-7-11-19(17)21/h4-11,20-23,29H,1-3,12-15H2,(H,27,30)(H,28,33)(H,31,32)/t20-,22+,23-/m0/s1. The second kappa shape index (κ2) is 10.7. The van der Waals surface area contributed by atoms with E-state index >= 15 is 0 Å². The summed E-state index contributed by atoms with van der Waals surface area (Å²) in [5, 5.41) is 23.6. The molecule has 0 unspecified atom stereocenters. The molecule has 0 spiro atoms. The first-order valence-electron chi connectivity index (χ1n) is 11.8. The van der Waals surface area contributed by atoms with Gasteiger partial charge in [-0.3, -0.25) is 4.79 Å². The van der Waals surface area contributed by atoms with Crippen molar-refractivity contribution in [2.45, 2.75) is 50.2 Å². The average molecular weight is 467 g/mol. The highest BCUT2D eigenvalue weighted by Gasteiger charge is 2.33. The highest BCUT2D eigenvalue weighted by molar-refractivity contribution is 5.82. The molecule has 4 rings (SSSR count). The van der Waals surface area contributed by atoms with E-state index in [0.29, 0.717) is 12.8 Å². The zero-order valence-corrected chi connectivity index (χ0v) is 18.9. The van der Waals surface area contributed by atoms with Crippen LogP contribution in [0.5, 0.6) is 0 Å². The SMILES string of the molecule is O=C(N[C@@H]1CCCCC[C@@H]1C(=O)NC[C@H](O)C(=O)O)OCC1c2ccccc2-c2ccccc21. The van der Waals surface area contributed by atoms with Crippen molar-refractivity contribution < 1.29 is 29.3 Å². The Labute approximate surface area is 198 Å². The number of carbonyl (C=O) groups is 3. The van der Waals surface area contributed by atoms with E-state index in [4.69, 9.17) is 9.84 Å². The molecule has 1 fully saturated rings. The maximum Gasteiger partial charge on any atom is 0.407 e. The third kappa shape index (κ3) is 5.22. The normalized spacial score (nSPS) is 20.4. The van der Waals surface area contributed by atoms with Crippen LogP contribution in [-0.2, 0) is 14.3 Å². The van der Waals surface area contributed by atoms with Crippen LogP contribution in [0, 0.1) is 5.92 Å². The fourth-order valence-electron chi connectivity index (χ4n) is 5.00. The molecule has 0 heterocycles. The average Bonchev–Trinajstić information content (AvgIpc) is 2.97. The summed E-state index contributed by atoms with van der Waals surface area (Å²) in [6.07, 6.45) is 1.62. The van der Waals surface area contributed by atoms with Crippen molar-refractivity contribution in [3.8, 4) is 11.1 Å². The number of ether oxygens (including phenoxy) is 1. The molecule has 34 heavy (non-hydrogen) atoms. The molecule has 2 aromatic rings. The zero-order valence-electron chi connectivity index (χ0n) is 18.9. The molecule has 2 amide bonds. The minimum atomic E-state index is -1.66. The van der Waals surface area contributed by atoms with Gasteiger partial charge in [0.05, 0.1) is 12.5 Å². The van der Waals surface area contributed by atoms with Crippen LogP contribution in [-0.4, -0.2) is 53.5 Å². The van der Waals surface area contributed by atoms with Crippen molar-refractivity contribution in [2.24, 2.45) is 5.92 Å². The third-order valence-corrected chi connectivity index (χ3v) is 6.75. The van der Waals surface area contributed by atoms with Gasteiger partial charge in [0.2, 0.25) is 5.91 Å². The smallest absolute Gasteiger partial charge is 0.407 e. The zero-order chi connectivity index (χ0) is 24.1. The lowest BCUT2D eigenvalue weighted by Gasteiger charge is -2.25. The largest absolute Gasteiger partial charge is 0.479 e. The maximum atomic E-state index is 12.7. The summed E-state index contributed by atoms with van der Waals surface area (Å²) >= 11 is 0. The van der Waals surface area contributed by atoms with Crippen LogP contribution in [0.25, 0.3) is 11.1 Å². The summed E-state index contributed by atoms with van der Waals surface area (Å²) in [6.45, 7) is -0.184. The Morgan fingerprint density at radius 1 is 0.941 bits per heavy atom. The van der Waals surface area contributed by atoms with Gasteiger partial charge in [-0.05, 0) is 35.1 Å². The van der Waals surface area contributed by atoms with Crippen molar-refractivity contribution in [3.05, 3.63) is 59.7 Å². The van der Waals surface area contributed by atoms with Gasteiger partial charge in [0.1, 0.15) is 6.61 Å². The molecule has 3 atom stereocenters. The highest BCUT2D eigenvalue weighted by atomic mass is 16.5. The molecule has 1 saturated carbocycles. The number of aliphatic hydroxyl groups is 1. The lowest BCUT2D eigenvalue weighted by Crippen LogP contribution is -2.48. The molecule has 0 saturated heterocycles. The van der Waals surface area contributed by atoms with Gasteiger partial charge in [-0.25, -0.2) is 9.59 Å². The number of hydrogen-bond acceptors (Lipinski definition) is 5. The number of alkyl carbamates (subject to hydrolysis) is 1. The molecule has 2 aliphatic rings. The van der Waals surface area contributed by atoms with Gasteiger partial charge >= 0.3 is 12.1 Å². The van der Waals surface area contributed by atoms with E-state index in [1.807, 2.05) is 24.3 Å². The summed E-state index contributed by atoms with van der Waals surface area (Å²) in [4.78, 5) is 36.3. The first-order chi connectivity index (χ1) is 16.5. The number of aliphatic carboxylic acids is 1. The Morgan fingerprint density at radius 2 is 1.56 bits per heavy atom. The van der Waals surface area contributed by atoms with Gasteiger partial charge < -0.3 is 25.6 Å². The molecule has 8 heteroatoms. The number of fused-ring (bicyclic) bond motifs is 3. The van der Waals surface area contributed by atoms with Crippen molar-refractivity contribution in [1.29, 1.82) is 0 Å². The fraction of sp³-hybridized carbons (Fsp3) is 0.423. The van der Waals surface area contributed by atoms with E-state index in [0.717, 1.165) is 41.5 Å². The summed E-state index contributed by atoms with van der Waals surface area (Å²) in [7, 11) is 0. The van der Waals surface area contributed by atoms with E-state index in [2.05, 4.69) is 34.9 Å². The van der Waals surface area contributed by atoms with Gasteiger partial charge in [-0.1, -0.05) is 67.8 Å². The minimum Gasteiger partial charge on any atom is -0.479 e. The lowest BCUT2D eigenvalue weighted by molar-refractivity contribution is -0.146. The van der Waals surface area contributed by atoms with E-state index in [-0.39, 0.29) is 25.0 Å². The minimum absolute atomic E-state index is 0.0520. The quantitative estimate of drug-likeness (QED) is 0.465. The Kier molecular flexibility index (Phi) is 7.47. The predicted molar refractivity (Wildman–Crippen MR) is 125 cm³/mol. The number of nitrogens with one attached hydrogen (secondary N) is 2. The molecule has 2 aromatic carbocycles. The number of carboxylic acid groups (broad SMARTS) is 1. The Hall–Kier alpha value is -3.39. The Morgan fingerprint density at radius 3 is 2.21 bits per heavy atom. The molecule has 2 aliphatic carbocycles. The molecule has 4 N–H and O–H groups in total. The molecule has 0 aromatic heterocycles. The van der Waals surface area contributed by atoms with Crippen molar-refractivity contribution >= 4 is 18.0 Å². The van der Waals surface area contributed by atoms with Crippen LogP contribution < -0.4 is 10.6 Å². The summed E-state index contributed by atoms with van der Waals surface area (Å²) in [5.41, 5.74) is 4.55. The molecular weight excluding hydrogens is 436 g/mol. The number of hydrogen-bond donors (Lipinski definition) is 4. The third-order valence-electron chi connectivity index (χ3n) is 6.75. The first-order valence-corrected chi connectivity index (χ1v) is 11.8. The predicted octanol–water partition coefficient (Wildman–Crippen LogP) is 3.04. The van der Waals surface area contributed by atoms with Gasteiger partial charge in [0.25, 0.3) is 0 Å². The number of carboxylic acids is 1. The molecule has 180 valence electrons. The van der Waals surface area contributed by atoms with Crippen LogP contribution in [0.2, 0.25) is 0 Å². The van der Waals surface area contributed by atoms with Crippen molar-refractivity contribution in [1.82, 2.24) is 10.6 Å². The monoisotopic (exact) mass is 466 g/mol. The van der Waals surface area contributed by atoms with Crippen LogP contribution in [0.3, 0.4) is 0 Å². The highest BCUT2D eigenvalue weighted by Crippen LogP contribution is 2.44. The summed E-state index contributed by atoms with van der Waals surface area (Å²) < 4.78 is 5.64. The number of amides is 2. The number of rotatable bonds is 7. The number of benzene rings is 2. The molecule has 0 bridgehead atoms. The van der Waals surface area contributed by atoms with Gasteiger partial charge in [-0.2, -0.15) is 0 Å². The van der Waals surface area contributed by atoms with Crippen LogP contribution in [0.15, 0.2) is 48.5 Å². The first kappa shape index (κ1) is 23.8. The molecule has 0 radical (unpaired) electrons. The van der Waals surface area contributed by atoms with Crippen LogP contribution >= 0.6 is 0 Å². The van der Waals surface area contributed by atoms with Crippen molar-refractivity contribution in [3.63, 3.8) is 0 Å². The van der Waals surface area contributed by atoms with E-state index in [9.17, 15) is 19.5 Å². The van der Waals surface area contributed by atoms with Crippen LogP contribution in [0.1, 0.15) is 49.1 Å². The van der Waals surface area contributed by atoms with E-state index in [1.54, 1.807) is 0 Å². The second-order valence-corrected chi connectivity index (χ2v) is 8.92. The Bertz CT molecular complexity index is 1010. The number of carbonyl (C=O) groups excluding carboxylic acids is 2. The Balaban J connectivity index is 1.38. The summed E-state index contributed by atoms with van der Waals surface area (Å²) in [5.74, 6) is -2.33. The van der Waals surface area contributed by atoms with E-state index < -0.39 is 30.1 Å². The summed E-state index contributed by atoms with van der Waals surface area (Å²) in [6, 6.07) is 15.8. The number of aliphatic hydroxyl groups excluding tert-OH is 1. The molecule has 8 nitrogen and oxygen atoms in total. The fourth-order valence-corrected chi connectivity index (χ4v) is 5.00. The van der Waals surface area contributed by atoms with Gasteiger partial charge in [0.15, 0.2) is 6.10 Å². The maximum absolute atomic E-state index is 12.7. The molecular formula is C26H30N2O6. The second-order valence-electron chi connectivity index (χ2n) is 8.92. The van der Waals surface area contributed by atoms with Crippen LogP contribution in [0.4, 0.5) is 4.79 Å². The lowest BCUT2D eigenvalue weighted by atomic mass is 9.93. The molecule has 0 aliphatic heterocycles.